The van der Waals surface area contributed by atoms with Crippen LogP contribution >= 0.6 is 22.9 Å². The lowest BCUT2D eigenvalue weighted by molar-refractivity contribution is 0.0977. The van der Waals surface area contributed by atoms with Gasteiger partial charge in [-0.05, 0) is 65.8 Å². The highest BCUT2D eigenvalue weighted by molar-refractivity contribution is 7.93. The molecule has 0 saturated carbocycles. The number of thiophene rings is 1. The van der Waals surface area contributed by atoms with Gasteiger partial charge >= 0.3 is 0 Å². The number of imidazole rings is 1. The molecule has 0 aliphatic heterocycles. The SMILES string of the molecule is Cc1cc(C(=O)NS(=O)(=O)C=Cc2ccccc2)nc2c1nc(C)n2Cc1ccc(-c2cccs2)cc1Cl. The molecule has 10 heteroatoms. The van der Waals surface area contributed by atoms with Gasteiger partial charge in [0.05, 0.1) is 12.0 Å². The molecule has 0 bridgehead atoms. The maximum absolute atomic E-state index is 12.9. The summed E-state index contributed by atoms with van der Waals surface area (Å²) in [6.07, 6.45) is 1.42. The summed E-state index contributed by atoms with van der Waals surface area (Å²) in [5.74, 6) is -0.124. The summed E-state index contributed by atoms with van der Waals surface area (Å²) in [4.78, 5) is 23.2. The van der Waals surface area contributed by atoms with Crippen LogP contribution in [0.4, 0.5) is 0 Å². The van der Waals surface area contributed by atoms with Gasteiger partial charge in [0, 0.05) is 9.90 Å². The van der Waals surface area contributed by atoms with E-state index in [4.69, 9.17) is 11.6 Å². The Balaban J connectivity index is 1.43. The molecule has 1 amide bonds. The fourth-order valence-electron chi connectivity index (χ4n) is 4.05. The number of carbonyl (C=O) groups is 1. The molecule has 0 radical (unpaired) electrons. The first-order chi connectivity index (χ1) is 18.2. The number of aryl methyl sites for hydroxylation is 2. The highest BCUT2D eigenvalue weighted by Crippen LogP contribution is 2.30. The molecular weight excluding hydrogens is 540 g/mol. The van der Waals surface area contributed by atoms with Crippen molar-refractivity contribution in [2.75, 3.05) is 0 Å². The summed E-state index contributed by atoms with van der Waals surface area (Å²) < 4.78 is 29.0. The van der Waals surface area contributed by atoms with Gasteiger partial charge in [-0.3, -0.25) is 4.79 Å². The van der Waals surface area contributed by atoms with E-state index in [-0.39, 0.29) is 5.69 Å². The predicted octanol–water partition coefficient (Wildman–Crippen LogP) is 6.21. The number of amides is 1. The number of sulfonamides is 1. The Morgan fingerprint density at radius 3 is 2.55 bits per heavy atom. The summed E-state index contributed by atoms with van der Waals surface area (Å²) in [7, 11) is -4.03. The fraction of sp³-hybridized carbons (Fsp3) is 0.107. The van der Waals surface area contributed by atoms with Gasteiger partial charge in [0.1, 0.15) is 17.0 Å². The first-order valence-corrected chi connectivity index (χ1v) is 14.5. The van der Waals surface area contributed by atoms with E-state index in [9.17, 15) is 13.2 Å². The number of rotatable bonds is 7. The van der Waals surface area contributed by atoms with E-state index in [0.29, 0.717) is 39.7 Å². The van der Waals surface area contributed by atoms with Gasteiger partial charge in [0.25, 0.3) is 15.9 Å². The second-order valence-electron chi connectivity index (χ2n) is 8.71. The quantitative estimate of drug-likeness (QED) is 0.254. The number of hydrogen-bond acceptors (Lipinski definition) is 6. The molecule has 0 saturated heterocycles. The Morgan fingerprint density at radius 2 is 1.84 bits per heavy atom. The van der Waals surface area contributed by atoms with E-state index < -0.39 is 15.9 Å². The largest absolute Gasteiger partial charge is 0.308 e. The van der Waals surface area contributed by atoms with Crippen LogP contribution in [0, 0.1) is 13.8 Å². The molecule has 38 heavy (non-hydrogen) atoms. The Bertz CT molecular complexity index is 1780. The van der Waals surface area contributed by atoms with Gasteiger partial charge in [-0.25, -0.2) is 23.1 Å². The van der Waals surface area contributed by atoms with E-state index >= 15 is 0 Å². The molecule has 7 nitrogen and oxygen atoms in total. The number of nitrogens with one attached hydrogen (secondary N) is 1. The van der Waals surface area contributed by atoms with Crippen molar-refractivity contribution in [3.63, 3.8) is 0 Å². The van der Waals surface area contributed by atoms with Crippen LogP contribution in [-0.4, -0.2) is 28.9 Å². The maximum Gasteiger partial charge on any atom is 0.283 e. The minimum Gasteiger partial charge on any atom is -0.308 e. The molecule has 0 fully saturated rings. The number of hydrogen-bond donors (Lipinski definition) is 1. The Kier molecular flexibility index (Phi) is 7.16. The summed E-state index contributed by atoms with van der Waals surface area (Å²) >= 11 is 8.28. The van der Waals surface area contributed by atoms with Crippen molar-refractivity contribution in [2.45, 2.75) is 20.4 Å². The van der Waals surface area contributed by atoms with Crippen molar-refractivity contribution in [3.8, 4) is 10.4 Å². The molecule has 0 aliphatic rings. The molecule has 0 aliphatic carbocycles. The summed E-state index contributed by atoms with van der Waals surface area (Å²) in [6.45, 7) is 4.05. The Morgan fingerprint density at radius 1 is 1.05 bits per heavy atom. The van der Waals surface area contributed by atoms with E-state index in [1.165, 1.54) is 12.1 Å². The highest BCUT2D eigenvalue weighted by Gasteiger charge is 2.20. The zero-order valence-corrected chi connectivity index (χ0v) is 22.9. The molecule has 2 aromatic carbocycles. The van der Waals surface area contributed by atoms with Crippen LogP contribution in [0.25, 0.3) is 27.7 Å². The van der Waals surface area contributed by atoms with Crippen molar-refractivity contribution in [2.24, 2.45) is 0 Å². The van der Waals surface area contributed by atoms with E-state index in [1.807, 2.05) is 60.2 Å². The van der Waals surface area contributed by atoms with Gasteiger partial charge in [-0.2, -0.15) is 0 Å². The van der Waals surface area contributed by atoms with Crippen molar-refractivity contribution in [1.29, 1.82) is 0 Å². The molecule has 1 N–H and O–H groups in total. The number of halogens is 1. The lowest BCUT2D eigenvalue weighted by atomic mass is 10.1. The van der Waals surface area contributed by atoms with E-state index in [0.717, 1.165) is 21.4 Å². The van der Waals surface area contributed by atoms with Crippen LogP contribution in [0.2, 0.25) is 5.02 Å². The molecule has 0 atom stereocenters. The Hall–Kier alpha value is -3.79. The van der Waals surface area contributed by atoms with Crippen LogP contribution in [-0.2, 0) is 16.6 Å². The van der Waals surface area contributed by atoms with E-state index in [2.05, 4.69) is 14.7 Å². The average molecular weight is 563 g/mol. The Labute approximate surface area is 229 Å². The topological polar surface area (TPSA) is 93.9 Å². The predicted molar refractivity (Wildman–Crippen MR) is 153 cm³/mol. The third-order valence-corrected chi connectivity index (χ3v) is 8.21. The standard InChI is InChI=1S/C28H23ClN4O3S2/c1-18-15-24(28(34)32-38(35,36)14-12-20-7-4-3-5-8-20)31-27-26(18)30-19(2)33(27)17-22-11-10-21(16-23(22)29)25-9-6-13-37-25/h3-16H,17H2,1-2H3,(H,32,34). The van der Waals surface area contributed by atoms with Crippen LogP contribution in [0.5, 0.6) is 0 Å². The van der Waals surface area contributed by atoms with E-state index in [1.54, 1.807) is 35.6 Å². The summed E-state index contributed by atoms with van der Waals surface area (Å²) in [5.41, 5.74) is 4.40. The maximum atomic E-state index is 12.9. The fourth-order valence-corrected chi connectivity index (χ4v) is 5.78. The van der Waals surface area contributed by atoms with Crippen LogP contribution in [0.3, 0.4) is 0 Å². The first-order valence-electron chi connectivity index (χ1n) is 11.7. The van der Waals surface area contributed by atoms with Gasteiger partial charge in [-0.15, -0.1) is 11.3 Å². The second kappa shape index (κ2) is 10.5. The number of carbonyl (C=O) groups excluding carboxylic acids is 1. The summed E-state index contributed by atoms with van der Waals surface area (Å²) in [6, 6.07) is 20.4. The average Bonchev–Trinajstić information content (AvgIpc) is 3.53. The molecule has 192 valence electrons. The number of fused-ring (bicyclic) bond motifs is 1. The molecular formula is C28H23ClN4O3S2. The van der Waals surface area contributed by atoms with Gasteiger partial charge in [-0.1, -0.05) is 60.1 Å². The van der Waals surface area contributed by atoms with Gasteiger partial charge in [0.15, 0.2) is 5.65 Å². The number of pyridine rings is 1. The van der Waals surface area contributed by atoms with Crippen molar-refractivity contribution >= 4 is 56.1 Å². The minimum atomic E-state index is -4.03. The first kappa shape index (κ1) is 25.8. The van der Waals surface area contributed by atoms with Crippen LogP contribution in [0.1, 0.15) is 33.0 Å². The lowest BCUT2D eigenvalue weighted by Crippen LogP contribution is -2.29. The number of nitrogens with zero attached hydrogens (tertiary/aromatic N) is 3. The second-order valence-corrected chi connectivity index (χ2v) is 11.6. The number of aromatic nitrogens is 3. The molecule has 0 spiro atoms. The smallest absolute Gasteiger partial charge is 0.283 e. The monoisotopic (exact) mass is 562 g/mol. The molecule has 5 aromatic rings. The van der Waals surface area contributed by atoms with Gasteiger partial charge < -0.3 is 4.57 Å². The minimum absolute atomic E-state index is 0.0213. The van der Waals surface area contributed by atoms with Crippen LogP contribution in [0.15, 0.2) is 77.5 Å². The van der Waals surface area contributed by atoms with Crippen molar-refractivity contribution < 1.29 is 13.2 Å². The summed E-state index contributed by atoms with van der Waals surface area (Å²) in [5, 5.41) is 3.59. The highest BCUT2D eigenvalue weighted by atomic mass is 35.5. The molecule has 5 rings (SSSR count). The lowest BCUT2D eigenvalue weighted by Gasteiger charge is -2.11. The zero-order chi connectivity index (χ0) is 26.9. The zero-order valence-electron chi connectivity index (χ0n) is 20.6. The molecule has 0 unspecified atom stereocenters. The third-order valence-electron chi connectivity index (χ3n) is 5.98. The molecule has 3 heterocycles. The van der Waals surface area contributed by atoms with Gasteiger partial charge in [0.2, 0.25) is 0 Å². The number of benzene rings is 2. The third kappa shape index (κ3) is 5.55. The van der Waals surface area contributed by atoms with Crippen molar-refractivity contribution in [3.05, 3.63) is 111 Å². The molecule has 3 aromatic heterocycles. The van der Waals surface area contributed by atoms with Crippen molar-refractivity contribution in [1.82, 2.24) is 19.3 Å². The normalized spacial score (nSPS) is 11.9. The van der Waals surface area contributed by atoms with Crippen LogP contribution < -0.4 is 4.72 Å².